The van der Waals surface area contributed by atoms with E-state index in [0.29, 0.717) is 10.6 Å². The molecule has 0 aliphatic carbocycles. The number of likely N-dealkylation sites (N-methyl/N-ethyl adjacent to an activating group) is 1. The molecule has 7 nitrogen and oxygen atoms in total. The molecule has 0 heterocycles. The Labute approximate surface area is 215 Å². The number of rotatable bonds is 9. The van der Waals surface area contributed by atoms with Crippen LogP contribution in [0.1, 0.15) is 18.1 Å². The van der Waals surface area contributed by atoms with Crippen LogP contribution in [-0.4, -0.2) is 44.8 Å². The molecule has 3 rings (SSSR count). The van der Waals surface area contributed by atoms with Crippen LogP contribution in [0.3, 0.4) is 0 Å². The van der Waals surface area contributed by atoms with E-state index in [9.17, 15) is 22.4 Å². The summed E-state index contributed by atoms with van der Waals surface area (Å²) in [5.74, 6) is -1.93. The third kappa shape index (κ3) is 6.22. The van der Waals surface area contributed by atoms with E-state index in [1.54, 1.807) is 36.4 Å². The molecule has 0 bridgehead atoms. The second-order valence-electron chi connectivity index (χ2n) is 8.22. The number of carbonyl (C=O) groups is 2. The van der Waals surface area contributed by atoms with Gasteiger partial charge >= 0.3 is 0 Å². The number of sulfonamides is 1. The number of amides is 2. The normalized spacial score (nSPS) is 12.0. The maximum absolute atomic E-state index is 14.8. The first-order valence-corrected chi connectivity index (χ1v) is 13.0. The Balaban J connectivity index is 2.05. The zero-order chi connectivity index (χ0) is 26.5. The lowest BCUT2D eigenvalue weighted by atomic mass is 10.1. The molecule has 0 spiro atoms. The number of hydrogen-bond donors (Lipinski definition) is 1. The van der Waals surface area contributed by atoms with Gasteiger partial charge in [-0.1, -0.05) is 53.6 Å². The van der Waals surface area contributed by atoms with E-state index in [-0.39, 0.29) is 17.1 Å². The standard InChI is InChI=1S/C26H27ClFN3O4S/c1-18-11-13-22(14-12-18)36(34,35)31(24-10-5-4-9-23(24)28)17-25(32)30(19(2)26(33)29-3)16-20-7-6-8-21(27)15-20/h4-15,19H,16-17H2,1-3H3,(H,29,33). The molecule has 0 aliphatic rings. The highest BCUT2D eigenvalue weighted by Crippen LogP contribution is 2.27. The summed E-state index contributed by atoms with van der Waals surface area (Å²) in [6, 6.07) is 17.2. The van der Waals surface area contributed by atoms with Crippen molar-refractivity contribution in [2.75, 3.05) is 17.9 Å². The minimum Gasteiger partial charge on any atom is -0.357 e. The van der Waals surface area contributed by atoms with Gasteiger partial charge in [0.15, 0.2) is 0 Å². The van der Waals surface area contributed by atoms with E-state index in [1.165, 1.54) is 49.2 Å². The van der Waals surface area contributed by atoms with Crippen molar-refractivity contribution in [2.24, 2.45) is 0 Å². The Bertz CT molecular complexity index is 1350. The average Bonchev–Trinajstić information content (AvgIpc) is 2.85. The molecule has 1 N–H and O–H groups in total. The molecule has 0 saturated carbocycles. The van der Waals surface area contributed by atoms with Crippen LogP contribution < -0.4 is 9.62 Å². The summed E-state index contributed by atoms with van der Waals surface area (Å²) in [6.07, 6.45) is 0. The number of hydrogen-bond acceptors (Lipinski definition) is 4. The predicted octanol–water partition coefficient (Wildman–Crippen LogP) is 4.15. The van der Waals surface area contributed by atoms with Gasteiger partial charge in [0, 0.05) is 18.6 Å². The molecule has 0 radical (unpaired) electrons. The van der Waals surface area contributed by atoms with Crippen molar-refractivity contribution in [1.29, 1.82) is 0 Å². The number of carbonyl (C=O) groups excluding carboxylic acids is 2. The van der Waals surface area contributed by atoms with E-state index < -0.39 is 40.2 Å². The van der Waals surface area contributed by atoms with Gasteiger partial charge in [0.05, 0.1) is 10.6 Å². The second kappa shape index (κ2) is 11.5. The summed E-state index contributed by atoms with van der Waals surface area (Å²) in [7, 11) is -2.89. The summed E-state index contributed by atoms with van der Waals surface area (Å²) < 4.78 is 42.8. The highest BCUT2D eigenvalue weighted by atomic mass is 35.5. The largest absolute Gasteiger partial charge is 0.357 e. The monoisotopic (exact) mass is 531 g/mol. The van der Waals surface area contributed by atoms with Gasteiger partial charge < -0.3 is 10.2 Å². The van der Waals surface area contributed by atoms with Gasteiger partial charge in [-0.25, -0.2) is 12.8 Å². The molecule has 36 heavy (non-hydrogen) atoms. The van der Waals surface area contributed by atoms with Gasteiger partial charge in [0.25, 0.3) is 10.0 Å². The lowest BCUT2D eigenvalue weighted by Gasteiger charge is -2.32. The number of benzene rings is 3. The maximum Gasteiger partial charge on any atom is 0.264 e. The number of nitrogens with zero attached hydrogens (tertiary/aromatic N) is 2. The average molecular weight is 532 g/mol. The van der Waals surface area contributed by atoms with Crippen molar-refractivity contribution in [3.8, 4) is 0 Å². The fourth-order valence-corrected chi connectivity index (χ4v) is 5.26. The third-order valence-corrected chi connectivity index (χ3v) is 7.67. The number of anilines is 1. The van der Waals surface area contributed by atoms with Crippen LogP contribution >= 0.6 is 11.6 Å². The van der Waals surface area contributed by atoms with Crippen molar-refractivity contribution < 1.29 is 22.4 Å². The number of halogens is 2. The van der Waals surface area contributed by atoms with E-state index in [4.69, 9.17) is 11.6 Å². The van der Waals surface area contributed by atoms with Crippen LogP contribution in [0.5, 0.6) is 0 Å². The molecule has 0 aromatic heterocycles. The second-order valence-corrected chi connectivity index (χ2v) is 10.5. The fourth-order valence-electron chi connectivity index (χ4n) is 3.63. The van der Waals surface area contributed by atoms with Crippen LogP contribution in [0.2, 0.25) is 5.02 Å². The van der Waals surface area contributed by atoms with Gasteiger partial charge in [-0.2, -0.15) is 0 Å². The minimum absolute atomic E-state index is 0.0102. The highest BCUT2D eigenvalue weighted by molar-refractivity contribution is 7.92. The van der Waals surface area contributed by atoms with Crippen LogP contribution in [-0.2, 0) is 26.2 Å². The molecule has 3 aromatic carbocycles. The summed E-state index contributed by atoms with van der Waals surface area (Å²) in [5.41, 5.74) is 1.21. The minimum atomic E-state index is -4.33. The molecular formula is C26H27ClFN3O4S. The summed E-state index contributed by atoms with van der Waals surface area (Å²) in [6.45, 7) is 2.61. The predicted molar refractivity (Wildman–Crippen MR) is 138 cm³/mol. The quantitative estimate of drug-likeness (QED) is 0.449. The van der Waals surface area contributed by atoms with Crippen molar-refractivity contribution in [3.05, 3.63) is 94.8 Å². The third-order valence-electron chi connectivity index (χ3n) is 5.66. The summed E-state index contributed by atoms with van der Waals surface area (Å²) in [4.78, 5) is 27.2. The Morgan fingerprint density at radius 3 is 2.31 bits per heavy atom. The molecule has 0 fully saturated rings. The molecule has 3 aromatic rings. The molecule has 0 saturated heterocycles. The molecule has 0 aliphatic heterocycles. The lowest BCUT2D eigenvalue weighted by Crippen LogP contribution is -2.50. The lowest BCUT2D eigenvalue weighted by molar-refractivity contribution is -0.139. The van der Waals surface area contributed by atoms with Crippen LogP contribution in [0, 0.1) is 12.7 Å². The van der Waals surface area contributed by atoms with Gasteiger partial charge in [-0.05, 0) is 55.8 Å². The van der Waals surface area contributed by atoms with Crippen molar-refractivity contribution in [2.45, 2.75) is 31.3 Å². The van der Waals surface area contributed by atoms with E-state index in [0.717, 1.165) is 15.9 Å². The zero-order valence-corrected chi connectivity index (χ0v) is 21.7. The van der Waals surface area contributed by atoms with Crippen LogP contribution in [0.15, 0.2) is 77.7 Å². The first kappa shape index (κ1) is 27.2. The molecule has 190 valence electrons. The Kier molecular flexibility index (Phi) is 8.70. The van der Waals surface area contributed by atoms with E-state index in [1.807, 2.05) is 6.92 Å². The number of aryl methyl sites for hydroxylation is 1. The van der Waals surface area contributed by atoms with E-state index >= 15 is 0 Å². The first-order valence-electron chi connectivity index (χ1n) is 11.1. The molecule has 1 unspecified atom stereocenters. The zero-order valence-electron chi connectivity index (χ0n) is 20.1. The Hall–Kier alpha value is -3.43. The van der Waals surface area contributed by atoms with Crippen molar-refractivity contribution in [3.63, 3.8) is 0 Å². The fraction of sp³-hybridized carbons (Fsp3) is 0.231. The van der Waals surface area contributed by atoms with Crippen molar-refractivity contribution in [1.82, 2.24) is 10.2 Å². The maximum atomic E-state index is 14.8. The van der Waals surface area contributed by atoms with Crippen molar-refractivity contribution >= 4 is 39.1 Å². The molecule has 1 atom stereocenters. The SMILES string of the molecule is CNC(=O)C(C)N(Cc1cccc(Cl)c1)C(=O)CN(c1ccccc1F)S(=O)(=O)c1ccc(C)cc1. The van der Waals surface area contributed by atoms with Crippen LogP contribution in [0.4, 0.5) is 10.1 Å². The summed E-state index contributed by atoms with van der Waals surface area (Å²) in [5, 5.41) is 2.95. The van der Waals surface area contributed by atoms with Crippen LogP contribution in [0.25, 0.3) is 0 Å². The molecule has 10 heteroatoms. The molecular weight excluding hydrogens is 505 g/mol. The highest BCUT2D eigenvalue weighted by Gasteiger charge is 2.33. The number of nitrogens with one attached hydrogen (secondary N) is 1. The van der Waals surface area contributed by atoms with E-state index in [2.05, 4.69) is 5.32 Å². The Morgan fingerprint density at radius 1 is 1.03 bits per heavy atom. The Morgan fingerprint density at radius 2 is 1.69 bits per heavy atom. The van der Waals surface area contributed by atoms with Gasteiger partial charge in [0.1, 0.15) is 18.4 Å². The first-order chi connectivity index (χ1) is 17.0. The van der Waals surface area contributed by atoms with Gasteiger partial charge in [0.2, 0.25) is 11.8 Å². The van der Waals surface area contributed by atoms with Gasteiger partial charge in [-0.15, -0.1) is 0 Å². The van der Waals surface area contributed by atoms with Gasteiger partial charge in [-0.3, -0.25) is 13.9 Å². The molecule has 2 amide bonds. The summed E-state index contributed by atoms with van der Waals surface area (Å²) >= 11 is 6.09. The number of para-hydroxylation sites is 1. The topological polar surface area (TPSA) is 86.8 Å². The smallest absolute Gasteiger partial charge is 0.264 e.